The van der Waals surface area contributed by atoms with Crippen molar-refractivity contribution >= 4 is 16.6 Å². The molecular weight excluding hydrogens is 581 g/mol. The van der Waals surface area contributed by atoms with E-state index < -0.39 is 22.7 Å². The number of rotatable bonds is 9. The van der Waals surface area contributed by atoms with Crippen molar-refractivity contribution in [2.24, 2.45) is 11.8 Å². The second-order valence-corrected chi connectivity index (χ2v) is 24.4. The molecule has 0 unspecified atom stereocenters. The second kappa shape index (κ2) is 11.9. The second-order valence-electron chi connectivity index (χ2n) is 14.9. The van der Waals surface area contributed by atoms with Gasteiger partial charge in [0, 0.05) is 31.0 Å². The highest BCUT2D eigenvalue weighted by molar-refractivity contribution is 6.75. The number of benzene rings is 2. The first-order chi connectivity index (χ1) is 19.9. The average Bonchev–Trinajstić information content (AvgIpc) is 3.37. The molecule has 0 amide bonds. The van der Waals surface area contributed by atoms with Crippen molar-refractivity contribution in [3.63, 3.8) is 0 Å². The van der Waals surface area contributed by atoms with E-state index in [4.69, 9.17) is 27.8 Å². The fourth-order valence-corrected chi connectivity index (χ4v) is 7.86. The molecule has 1 aliphatic carbocycles. The van der Waals surface area contributed by atoms with Gasteiger partial charge in [0.1, 0.15) is 0 Å². The molecule has 43 heavy (non-hydrogen) atoms. The molecule has 0 saturated heterocycles. The Morgan fingerprint density at radius 2 is 1.23 bits per heavy atom. The lowest BCUT2D eigenvalue weighted by atomic mass is 9.65. The van der Waals surface area contributed by atoms with E-state index in [1.807, 2.05) is 24.3 Å². The Morgan fingerprint density at radius 1 is 0.744 bits per heavy atom. The van der Waals surface area contributed by atoms with Crippen LogP contribution < -0.4 is 23.4 Å². The summed E-state index contributed by atoms with van der Waals surface area (Å²) < 4.78 is 37.3. The molecule has 10 heteroatoms. The third-order valence-corrected chi connectivity index (χ3v) is 19.0. The molecule has 0 radical (unpaired) electrons. The van der Waals surface area contributed by atoms with Gasteiger partial charge < -0.3 is 38.0 Å². The minimum atomic E-state index is -2.28. The number of fused-ring (bicyclic) bond motifs is 2. The highest BCUT2D eigenvalue weighted by Gasteiger charge is 2.49. The van der Waals surface area contributed by atoms with Crippen molar-refractivity contribution in [2.75, 3.05) is 34.2 Å². The van der Waals surface area contributed by atoms with E-state index in [2.05, 4.69) is 67.7 Å². The maximum atomic E-state index is 11.0. The summed E-state index contributed by atoms with van der Waals surface area (Å²) in [7, 11) is -1.25. The first-order valence-electron chi connectivity index (χ1n) is 15.2. The van der Waals surface area contributed by atoms with Gasteiger partial charge >= 0.3 is 0 Å². The Morgan fingerprint density at radius 3 is 1.67 bits per heavy atom. The fourth-order valence-electron chi connectivity index (χ4n) is 5.55. The van der Waals surface area contributed by atoms with Gasteiger partial charge in [0.05, 0.1) is 20.3 Å². The normalized spacial score (nSPS) is 22.3. The molecule has 1 heterocycles. The smallest absolute Gasteiger partial charge is 0.250 e. The zero-order chi connectivity index (χ0) is 32.1. The predicted octanol–water partition coefficient (Wildman–Crippen LogP) is 7.24. The Balaban J connectivity index is 1.94. The van der Waals surface area contributed by atoms with Gasteiger partial charge in [0.2, 0.25) is 6.79 Å². The molecular formula is C33H52O8Si2. The van der Waals surface area contributed by atoms with E-state index in [1.54, 1.807) is 14.2 Å². The van der Waals surface area contributed by atoms with Gasteiger partial charge in [0.15, 0.2) is 37.1 Å². The maximum Gasteiger partial charge on any atom is 0.250 e. The summed E-state index contributed by atoms with van der Waals surface area (Å²) in [5.41, 5.74) is 2.81. The lowest BCUT2D eigenvalue weighted by Gasteiger charge is -2.48. The van der Waals surface area contributed by atoms with E-state index >= 15 is 0 Å². The van der Waals surface area contributed by atoms with E-state index in [9.17, 15) is 10.2 Å². The van der Waals surface area contributed by atoms with Crippen LogP contribution in [-0.4, -0.2) is 61.1 Å². The zero-order valence-corrected chi connectivity index (χ0v) is 30.1. The van der Waals surface area contributed by atoms with Gasteiger partial charge in [-0.25, -0.2) is 0 Å². The third-order valence-electron chi connectivity index (χ3n) is 10.2. The Bertz CT molecular complexity index is 1290. The SMILES string of the molecule is COc1cc([C@@H]2c3cc4c(cc3[C@H](O[Si](C)(C)C(C)(C)C)[C@H](CO)[C@H]2CO)OCO4)cc(OC)c1O[Si](C)(C)C(C)(C)C. The molecule has 0 saturated carbocycles. The largest absolute Gasteiger partial charge is 0.539 e. The van der Waals surface area contributed by atoms with E-state index in [0.29, 0.717) is 28.7 Å². The molecule has 4 rings (SSSR count). The fraction of sp³-hybridized carbons (Fsp3) is 0.636. The molecule has 240 valence electrons. The highest BCUT2D eigenvalue weighted by atomic mass is 28.4. The van der Waals surface area contributed by atoms with Crippen LogP contribution in [0.25, 0.3) is 0 Å². The quantitative estimate of drug-likeness (QED) is 0.279. The van der Waals surface area contributed by atoms with E-state index in [-0.39, 0.29) is 47.8 Å². The minimum absolute atomic E-state index is 0.0259. The summed E-state index contributed by atoms with van der Waals surface area (Å²) >= 11 is 0. The summed E-state index contributed by atoms with van der Waals surface area (Å²) in [6, 6.07) is 7.98. The molecule has 1 aliphatic heterocycles. The number of methoxy groups -OCH3 is 2. The van der Waals surface area contributed by atoms with Gasteiger partial charge in [-0.2, -0.15) is 0 Å². The number of hydrogen-bond donors (Lipinski definition) is 2. The number of aliphatic hydroxyl groups excluding tert-OH is 2. The predicted molar refractivity (Wildman–Crippen MR) is 174 cm³/mol. The van der Waals surface area contributed by atoms with Crippen molar-refractivity contribution in [1.82, 2.24) is 0 Å². The van der Waals surface area contributed by atoms with Crippen LogP contribution in [0.4, 0.5) is 0 Å². The molecule has 8 nitrogen and oxygen atoms in total. The standard InChI is InChI=1S/C33H52O8Si2/c1-32(2,3)42(9,10)40-30-22-16-26-25(38-19-39-26)15-21(22)29(23(17-34)24(30)18-35)20-13-27(36-7)31(28(14-20)37-8)41-43(11,12)33(4,5)6/h13-16,23-24,29-30,34-35H,17-19H2,1-12H3/t23-,24-,29-,30+/m1/s1. The third kappa shape index (κ3) is 6.18. The van der Waals surface area contributed by atoms with Gasteiger partial charge in [-0.3, -0.25) is 0 Å². The maximum absolute atomic E-state index is 11.0. The van der Waals surface area contributed by atoms with Crippen LogP contribution in [0, 0.1) is 11.8 Å². The van der Waals surface area contributed by atoms with Gasteiger partial charge in [-0.15, -0.1) is 0 Å². The van der Waals surface area contributed by atoms with Crippen LogP contribution in [0.1, 0.15) is 70.3 Å². The van der Waals surface area contributed by atoms with Crippen LogP contribution in [-0.2, 0) is 4.43 Å². The minimum Gasteiger partial charge on any atom is -0.539 e. The van der Waals surface area contributed by atoms with Crippen molar-refractivity contribution < 1.29 is 38.0 Å². The summed E-state index contributed by atoms with van der Waals surface area (Å²) in [5, 5.41) is 21.8. The van der Waals surface area contributed by atoms with Crippen LogP contribution in [0.2, 0.25) is 36.3 Å². The Kier molecular flexibility index (Phi) is 9.33. The molecule has 0 bridgehead atoms. The van der Waals surface area contributed by atoms with Crippen molar-refractivity contribution in [3.05, 3.63) is 41.0 Å². The Hall–Kier alpha value is -2.25. The summed E-state index contributed by atoms with van der Waals surface area (Å²) in [5.74, 6) is 2.01. The first-order valence-corrected chi connectivity index (χ1v) is 21.0. The van der Waals surface area contributed by atoms with Gasteiger partial charge in [0.25, 0.3) is 8.32 Å². The number of hydrogen-bond acceptors (Lipinski definition) is 8. The summed E-state index contributed by atoms with van der Waals surface area (Å²) in [4.78, 5) is 0. The lowest BCUT2D eigenvalue weighted by Crippen LogP contribution is -2.47. The topological polar surface area (TPSA) is 95.8 Å². The molecule has 0 aromatic heterocycles. The monoisotopic (exact) mass is 632 g/mol. The lowest BCUT2D eigenvalue weighted by molar-refractivity contribution is 0.00251. The van der Waals surface area contributed by atoms with E-state index in [1.165, 1.54) is 0 Å². The van der Waals surface area contributed by atoms with Gasteiger partial charge in [-0.05, 0) is 77.2 Å². The summed E-state index contributed by atoms with van der Waals surface area (Å²) in [6.45, 7) is 21.9. The zero-order valence-electron chi connectivity index (χ0n) is 28.1. The Labute approximate surface area is 259 Å². The number of aliphatic hydroxyl groups is 2. The van der Waals surface area contributed by atoms with E-state index in [0.717, 1.165) is 16.7 Å². The van der Waals surface area contributed by atoms with Gasteiger partial charge in [-0.1, -0.05) is 41.5 Å². The van der Waals surface area contributed by atoms with Crippen LogP contribution in [0.15, 0.2) is 24.3 Å². The van der Waals surface area contributed by atoms with Crippen LogP contribution in [0.5, 0.6) is 28.7 Å². The molecule has 2 aromatic carbocycles. The first kappa shape index (κ1) is 33.6. The number of ether oxygens (including phenoxy) is 4. The average molecular weight is 633 g/mol. The molecule has 4 atom stereocenters. The summed E-state index contributed by atoms with van der Waals surface area (Å²) in [6.07, 6.45) is -0.422. The molecule has 2 aliphatic rings. The molecule has 0 fully saturated rings. The molecule has 2 aromatic rings. The highest BCUT2D eigenvalue weighted by Crippen LogP contribution is 2.56. The van der Waals surface area contributed by atoms with Crippen molar-refractivity contribution in [3.8, 4) is 28.7 Å². The van der Waals surface area contributed by atoms with Crippen molar-refractivity contribution in [1.29, 1.82) is 0 Å². The molecule has 0 spiro atoms. The van der Waals surface area contributed by atoms with Crippen LogP contribution >= 0.6 is 0 Å². The van der Waals surface area contributed by atoms with Crippen molar-refractivity contribution in [2.45, 2.75) is 89.8 Å². The van der Waals surface area contributed by atoms with Crippen LogP contribution in [0.3, 0.4) is 0 Å². The molecule has 2 N–H and O–H groups in total.